The summed E-state index contributed by atoms with van der Waals surface area (Å²) in [6.45, 7) is 6.61. The summed E-state index contributed by atoms with van der Waals surface area (Å²) in [7, 11) is 0. The second-order valence-corrected chi connectivity index (χ2v) is 6.91. The van der Waals surface area contributed by atoms with Crippen LogP contribution in [0.25, 0.3) is 0 Å². The highest BCUT2D eigenvalue weighted by Gasteiger charge is 2.33. The van der Waals surface area contributed by atoms with E-state index in [9.17, 15) is 13.2 Å². The van der Waals surface area contributed by atoms with Gasteiger partial charge in [0, 0.05) is 25.2 Å². The number of anilines is 1. The number of rotatable bonds is 4. The fraction of sp³-hybridized carbons (Fsp3) is 0.444. The molecule has 4 nitrogen and oxygen atoms in total. The molecule has 0 saturated carbocycles. The van der Waals surface area contributed by atoms with Crippen molar-refractivity contribution in [2.24, 2.45) is 0 Å². The van der Waals surface area contributed by atoms with Crippen LogP contribution in [0, 0.1) is 0 Å². The third kappa shape index (κ3) is 4.10. The number of hydrogen-bond donors (Lipinski definition) is 1. The van der Waals surface area contributed by atoms with Crippen molar-refractivity contribution in [2.45, 2.75) is 38.5 Å². The normalized spacial score (nSPS) is 15.7. The minimum Gasteiger partial charge on any atom is -0.367 e. The summed E-state index contributed by atoms with van der Waals surface area (Å²) in [5, 5.41) is 9.97. The van der Waals surface area contributed by atoms with Crippen molar-refractivity contribution < 1.29 is 13.2 Å². The molecule has 1 aromatic heterocycles. The van der Waals surface area contributed by atoms with Gasteiger partial charge >= 0.3 is 6.18 Å². The number of alkyl halides is 3. The van der Waals surface area contributed by atoms with E-state index in [4.69, 9.17) is 0 Å². The van der Waals surface area contributed by atoms with Crippen molar-refractivity contribution in [3.8, 4) is 0 Å². The van der Waals surface area contributed by atoms with E-state index in [-0.39, 0.29) is 5.54 Å². The van der Waals surface area contributed by atoms with Crippen LogP contribution >= 0.6 is 0 Å². The maximum Gasteiger partial charge on any atom is 0.435 e. The van der Waals surface area contributed by atoms with E-state index in [0.717, 1.165) is 25.6 Å². The molecule has 2 aromatic rings. The van der Waals surface area contributed by atoms with Gasteiger partial charge in [0.1, 0.15) is 5.82 Å². The van der Waals surface area contributed by atoms with E-state index in [2.05, 4.69) is 52.5 Å². The summed E-state index contributed by atoms with van der Waals surface area (Å²) in [6.07, 6.45) is -3.47. The molecule has 0 radical (unpaired) electrons. The molecule has 1 aliphatic heterocycles. The SMILES string of the molecule is CC(C)(CNc1ccc(C(F)(F)F)nn1)N1CCc2ccccc2C1. The van der Waals surface area contributed by atoms with Crippen molar-refractivity contribution in [3.63, 3.8) is 0 Å². The molecule has 0 spiro atoms. The summed E-state index contributed by atoms with van der Waals surface area (Å²) < 4.78 is 37.6. The lowest BCUT2D eigenvalue weighted by Crippen LogP contribution is -2.50. The first kappa shape index (κ1) is 17.7. The number of halogens is 3. The van der Waals surface area contributed by atoms with E-state index < -0.39 is 11.9 Å². The first-order valence-electron chi connectivity index (χ1n) is 8.22. The highest BCUT2D eigenvalue weighted by atomic mass is 19.4. The Hall–Kier alpha value is -2.15. The van der Waals surface area contributed by atoms with E-state index in [0.29, 0.717) is 12.4 Å². The molecule has 0 amide bonds. The topological polar surface area (TPSA) is 41.1 Å². The van der Waals surface area contributed by atoms with E-state index in [1.165, 1.54) is 17.2 Å². The fourth-order valence-electron chi connectivity index (χ4n) is 3.01. The number of nitrogens with zero attached hydrogens (tertiary/aromatic N) is 3. The van der Waals surface area contributed by atoms with Crippen LogP contribution in [-0.4, -0.2) is 33.7 Å². The Morgan fingerprint density at radius 3 is 2.40 bits per heavy atom. The molecule has 134 valence electrons. The Morgan fingerprint density at radius 1 is 1.04 bits per heavy atom. The molecule has 0 atom stereocenters. The van der Waals surface area contributed by atoms with Crippen LogP contribution in [-0.2, 0) is 19.1 Å². The van der Waals surface area contributed by atoms with Crippen LogP contribution in [0.15, 0.2) is 36.4 Å². The van der Waals surface area contributed by atoms with Crippen LogP contribution < -0.4 is 5.32 Å². The summed E-state index contributed by atoms with van der Waals surface area (Å²) in [6, 6.07) is 10.7. The molecule has 7 heteroatoms. The van der Waals surface area contributed by atoms with E-state index >= 15 is 0 Å². The summed E-state index contributed by atoms with van der Waals surface area (Å²) in [4.78, 5) is 2.37. The minimum atomic E-state index is -4.47. The largest absolute Gasteiger partial charge is 0.435 e. The van der Waals surface area contributed by atoms with Gasteiger partial charge in [-0.15, -0.1) is 10.2 Å². The molecule has 0 saturated heterocycles. The average molecular weight is 350 g/mol. The van der Waals surface area contributed by atoms with Gasteiger partial charge in [-0.2, -0.15) is 13.2 Å². The molecule has 3 rings (SSSR count). The molecule has 1 aliphatic rings. The lowest BCUT2D eigenvalue weighted by Gasteiger charge is -2.41. The second-order valence-electron chi connectivity index (χ2n) is 6.91. The predicted octanol–water partition coefficient (Wildman–Crippen LogP) is 3.74. The Kier molecular flexibility index (Phi) is 4.69. The van der Waals surface area contributed by atoms with Gasteiger partial charge < -0.3 is 5.32 Å². The van der Waals surface area contributed by atoms with Gasteiger partial charge in [0.25, 0.3) is 0 Å². The van der Waals surface area contributed by atoms with E-state index in [1.807, 2.05) is 6.07 Å². The molecule has 25 heavy (non-hydrogen) atoms. The summed E-state index contributed by atoms with van der Waals surface area (Å²) in [5.74, 6) is 0.346. The summed E-state index contributed by atoms with van der Waals surface area (Å²) in [5.41, 5.74) is 1.56. The molecule has 0 unspecified atom stereocenters. The quantitative estimate of drug-likeness (QED) is 0.912. The van der Waals surface area contributed by atoms with Crippen molar-refractivity contribution >= 4 is 5.82 Å². The maximum atomic E-state index is 12.5. The predicted molar refractivity (Wildman–Crippen MR) is 90.2 cm³/mol. The van der Waals surface area contributed by atoms with Crippen molar-refractivity contribution in [3.05, 3.63) is 53.2 Å². The first-order chi connectivity index (χ1) is 11.8. The third-order valence-corrected chi connectivity index (χ3v) is 4.64. The van der Waals surface area contributed by atoms with Crippen LogP contribution in [0.4, 0.5) is 19.0 Å². The molecule has 0 aliphatic carbocycles. The van der Waals surface area contributed by atoms with Gasteiger partial charge in [-0.25, -0.2) is 0 Å². The third-order valence-electron chi connectivity index (χ3n) is 4.64. The minimum absolute atomic E-state index is 0.169. The number of benzene rings is 1. The zero-order valence-electron chi connectivity index (χ0n) is 14.3. The Morgan fingerprint density at radius 2 is 1.76 bits per heavy atom. The molecule has 0 bridgehead atoms. The fourth-order valence-corrected chi connectivity index (χ4v) is 3.01. The lowest BCUT2D eigenvalue weighted by molar-refractivity contribution is -0.141. The molecule has 1 aromatic carbocycles. The highest BCUT2D eigenvalue weighted by molar-refractivity contribution is 5.34. The first-order valence-corrected chi connectivity index (χ1v) is 8.22. The lowest BCUT2D eigenvalue weighted by atomic mass is 9.94. The molecular formula is C18H21F3N4. The smallest absolute Gasteiger partial charge is 0.367 e. The van der Waals surface area contributed by atoms with Gasteiger partial charge in [-0.05, 0) is 43.5 Å². The zero-order chi connectivity index (χ0) is 18.1. The highest BCUT2D eigenvalue weighted by Crippen LogP contribution is 2.28. The van der Waals surface area contributed by atoms with Gasteiger partial charge in [0.2, 0.25) is 0 Å². The number of aromatic nitrogens is 2. The van der Waals surface area contributed by atoms with Crippen molar-refractivity contribution in [1.82, 2.24) is 15.1 Å². The number of nitrogens with one attached hydrogen (secondary N) is 1. The standard InChI is InChI=1S/C18H21F3N4/c1-17(2,25-10-9-13-5-3-4-6-14(13)11-25)12-22-16-8-7-15(23-24-16)18(19,20)21/h3-8H,9-12H2,1-2H3,(H,22,24). The number of hydrogen-bond acceptors (Lipinski definition) is 4. The van der Waals surface area contributed by atoms with Crippen molar-refractivity contribution in [1.29, 1.82) is 0 Å². The van der Waals surface area contributed by atoms with Crippen molar-refractivity contribution in [2.75, 3.05) is 18.4 Å². The average Bonchev–Trinajstić information content (AvgIpc) is 2.59. The molecule has 0 fully saturated rings. The Labute approximate surface area is 145 Å². The van der Waals surface area contributed by atoms with Crippen LogP contribution in [0.1, 0.15) is 30.7 Å². The second kappa shape index (κ2) is 6.63. The Balaban J connectivity index is 1.62. The maximum absolute atomic E-state index is 12.5. The Bertz CT molecular complexity index is 726. The van der Waals surface area contributed by atoms with Gasteiger partial charge in [0.05, 0.1) is 0 Å². The van der Waals surface area contributed by atoms with Gasteiger partial charge in [-0.3, -0.25) is 4.90 Å². The number of fused-ring (bicyclic) bond motifs is 1. The summed E-state index contributed by atoms with van der Waals surface area (Å²) >= 11 is 0. The van der Waals surface area contributed by atoms with E-state index in [1.54, 1.807) is 0 Å². The monoisotopic (exact) mass is 350 g/mol. The zero-order valence-corrected chi connectivity index (χ0v) is 14.3. The van der Waals surface area contributed by atoms with Gasteiger partial charge in [-0.1, -0.05) is 24.3 Å². The molecule has 2 heterocycles. The van der Waals surface area contributed by atoms with Gasteiger partial charge in [0.15, 0.2) is 5.69 Å². The molecule has 1 N–H and O–H groups in total. The van der Waals surface area contributed by atoms with Crippen LogP contribution in [0.2, 0.25) is 0 Å². The van der Waals surface area contributed by atoms with Crippen LogP contribution in [0.3, 0.4) is 0 Å². The van der Waals surface area contributed by atoms with Crippen LogP contribution in [0.5, 0.6) is 0 Å². The molecular weight excluding hydrogens is 329 g/mol.